The summed E-state index contributed by atoms with van der Waals surface area (Å²) in [4.78, 5) is 12.8. The van der Waals surface area contributed by atoms with Crippen LogP contribution in [0.3, 0.4) is 0 Å². The van der Waals surface area contributed by atoms with Gasteiger partial charge in [0.2, 0.25) is 0 Å². The number of aliphatic carboxylic acids is 1. The molecule has 6 heteroatoms. The number of carboxylic acid groups (broad SMARTS) is 1. The lowest BCUT2D eigenvalue weighted by Gasteiger charge is -2.13. The Morgan fingerprint density at radius 2 is 1.61 bits per heavy atom. The number of carbonyl (C=O) groups is 1. The molecule has 0 aromatic heterocycles. The quantitative estimate of drug-likeness (QED) is 0.463. The standard InChI is InChI=1S/C27H28FNO4/c1-19-16-24(12-13-26(19)33-18-27(30)31)32-15-14-25(22-8-10-23(28)11-9-22)21-6-4-20(5-7-21)17-29(2)3/h4-14,16H,15,17-18H2,1-3H3,(H,30,31)/b25-14+. The summed E-state index contributed by atoms with van der Waals surface area (Å²) in [5, 5.41) is 8.77. The summed E-state index contributed by atoms with van der Waals surface area (Å²) in [5.74, 6) is -0.157. The number of halogens is 1. The Kier molecular flexibility index (Phi) is 8.22. The maximum absolute atomic E-state index is 13.5. The Bertz CT molecular complexity index is 1110. The van der Waals surface area contributed by atoms with Crippen molar-refractivity contribution in [2.45, 2.75) is 13.5 Å². The van der Waals surface area contributed by atoms with E-state index in [0.717, 1.165) is 28.8 Å². The van der Waals surface area contributed by atoms with Crippen molar-refractivity contribution in [3.8, 4) is 11.5 Å². The van der Waals surface area contributed by atoms with Gasteiger partial charge in [-0.15, -0.1) is 0 Å². The van der Waals surface area contributed by atoms with Crippen LogP contribution in [0.1, 0.15) is 22.3 Å². The molecular formula is C27H28FNO4. The Labute approximate surface area is 193 Å². The van der Waals surface area contributed by atoms with Crippen LogP contribution in [0.5, 0.6) is 11.5 Å². The van der Waals surface area contributed by atoms with E-state index in [1.165, 1.54) is 17.7 Å². The number of nitrogens with zero attached hydrogens (tertiary/aromatic N) is 1. The van der Waals surface area contributed by atoms with Crippen molar-refractivity contribution < 1.29 is 23.8 Å². The van der Waals surface area contributed by atoms with Crippen LogP contribution in [0.25, 0.3) is 5.57 Å². The molecule has 0 fully saturated rings. The Balaban J connectivity index is 1.78. The molecule has 0 aliphatic carbocycles. The molecule has 5 nitrogen and oxygen atoms in total. The van der Waals surface area contributed by atoms with Gasteiger partial charge < -0.3 is 19.5 Å². The lowest BCUT2D eigenvalue weighted by atomic mass is 9.96. The highest BCUT2D eigenvalue weighted by molar-refractivity contribution is 5.80. The van der Waals surface area contributed by atoms with Crippen LogP contribution in [0.2, 0.25) is 0 Å². The summed E-state index contributed by atoms with van der Waals surface area (Å²) in [6.07, 6.45) is 1.97. The molecule has 172 valence electrons. The van der Waals surface area contributed by atoms with Gasteiger partial charge in [-0.2, -0.15) is 0 Å². The van der Waals surface area contributed by atoms with Gasteiger partial charge in [-0.05, 0) is 85.3 Å². The zero-order valence-electron chi connectivity index (χ0n) is 19.0. The normalized spacial score (nSPS) is 11.5. The molecule has 0 amide bonds. The zero-order valence-corrected chi connectivity index (χ0v) is 19.0. The molecule has 3 aromatic carbocycles. The first kappa shape index (κ1) is 24.0. The number of ether oxygens (including phenoxy) is 2. The van der Waals surface area contributed by atoms with Crippen LogP contribution in [-0.2, 0) is 11.3 Å². The molecule has 0 aliphatic heterocycles. The maximum atomic E-state index is 13.5. The van der Waals surface area contributed by atoms with Gasteiger partial charge in [0.25, 0.3) is 0 Å². The molecule has 0 bridgehead atoms. The predicted molar refractivity (Wildman–Crippen MR) is 127 cm³/mol. The van der Waals surface area contributed by atoms with E-state index < -0.39 is 12.6 Å². The predicted octanol–water partition coefficient (Wildman–Crippen LogP) is 5.17. The second kappa shape index (κ2) is 11.3. The van der Waals surface area contributed by atoms with Gasteiger partial charge in [0, 0.05) is 6.54 Å². The van der Waals surface area contributed by atoms with Gasteiger partial charge in [0.05, 0.1) is 0 Å². The Hall–Kier alpha value is -3.64. The van der Waals surface area contributed by atoms with Crippen molar-refractivity contribution >= 4 is 11.5 Å². The second-order valence-corrected chi connectivity index (χ2v) is 7.98. The highest BCUT2D eigenvalue weighted by atomic mass is 19.1. The molecule has 3 aromatic rings. The fourth-order valence-electron chi connectivity index (χ4n) is 3.42. The van der Waals surface area contributed by atoms with E-state index >= 15 is 0 Å². The molecule has 1 N–H and O–H groups in total. The first-order valence-corrected chi connectivity index (χ1v) is 10.6. The van der Waals surface area contributed by atoms with Gasteiger partial charge in [0.15, 0.2) is 6.61 Å². The topological polar surface area (TPSA) is 59.0 Å². The summed E-state index contributed by atoms with van der Waals surface area (Å²) in [5.41, 5.74) is 4.85. The van der Waals surface area contributed by atoms with Crippen LogP contribution >= 0.6 is 0 Å². The van der Waals surface area contributed by atoms with Crippen LogP contribution in [0.15, 0.2) is 72.8 Å². The number of aryl methyl sites for hydroxylation is 1. The molecule has 0 spiro atoms. The molecule has 0 saturated carbocycles. The van der Waals surface area contributed by atoms with E-state index in [1.807, 2.05) is 27.1 Å². The fraction of sp³-hybridized carbons (Fsp3) is 0.222. The van der Waals surface area contributed by atoms with Crippen molar-refractivity contribution in [2.75, 3.05) is 27.3 Å². The van der Waals surface area contributed by atoms with Crippen LogP contribution in [-0.4, -0.2) is 43.3 Å². The number of benzene rings is 3. The van der Waals surface area contributed by atoms with E-state index in [1.54, 1.807) is 30.3 Å². The van der Waals surface area contributed by atoms with Gasteiger partial charge in [0.1, 0.15) is 23.9 Å². The fourth-order valence-corrected chi connectivity index (χ4v) is 3.42. The number of carboxylic acids is 1. The van der Waals surface area contributed by atoms with Crippen LogP contribution in [0.4, 0.5) is 4.39 Å². The minimum Gasteiger partial charge on any atom is -0.489 e. The van der Waals surface area contributed by atoms with Gasteiger partial charge >= 0.3 is 5.97 Å². The van der Waals surface area contributed by atoms with Gasteiger partial charge in [-0.25, -0.2) is 9.18 Å². The molecule has 0 heterocycles. The largest absolute Gasteiger partial charge is 0.489 e. The van der Waals surface area contributed by atoms with Gasteiger partial charge in [-0.3, -0.25) is 0 Å². The van der Waals surface area contributed by atoms with Crippen molar-refractivity contribution in [1.29, 1.82) is 0 Å². The Morgan fingerprint density at radius 1 is 0.970 bits per heavy atom. The highest BCUT2D eigenvalue weighted by Gasteiger charge is 2.08. The van der Waals surface area contributed by atoms with Crippen molar-refractivity contribution in [2.24, 2.45) is 0 Å². The lowest BCUT2D eigenvalue weighted by Crippen LogP contribution is -2.10. The maximum Gasteiger partial charge on any atom is 0.341 e. The summed E-state index contributed by atoms with van der Waals surface area (Å²) in [7, 11) is 4.06. The van der Waals surface area contributed by atoms with Crippen molar-refractivity contribution in [1.82, 2.24) is 4.90 Å². The first-order chi connectivity index (χ1) is 15.8. The molecule has 0 atom stereocenters. The van der Waals surface area contributed by atoms with Crippen molar-refractivity contribution in [3.63, 3.8) is 0 Å². The number of hydrogen-bond donors (Lipinski definition) is 1. The minimum atomic E-state index is -1.03. The lowest BCUT2D eigenvalue weighted by molar-refractivity contribution is -0.139. The van der Waals surface area contributed by atoms with E-state index in [4.69, 9.17) is 14.6 Å². The number of rotatable bonds is 10. The van der Waals surface area contributed by atoms with E-state index in [-0.39, 0.29) is 5.82 Å². The summed E-state index contributed by atoms with van der Waals surface area (Å²) in [6.45, 7) is 2.60. The third kappa shape index (κ3) is 7.19. The monoisotopic (exact) mass is 449 g/mol. The van der Waals surface area contributed by atoms with E-state index in [9.17, 15) is 9.18 Å². The SMILES string of the molecule is Cc1cc(OC/C=C(/c2ccc(F)cc2)c2ccc(CN(C)C)cc2)ccc1OCC(=O)O. The third-order valence-electron chi connectivity index (χ3n) is 4.95. The van der Waals surface area contributed by atoms with E-state index in [0.29, 0.717) is 18.1 Å². The summed E-state index contributed by atoms with van der Waals surface area (Å²) in [6, 6.07) is 20.0. The van der Waals surface area contributed by atoms with Crippen molar-refractivity contribution in [3.05, 3.63) is 101 Å². The molecule has 33 heavy (non-hydrogen) atoms. The second-order valence-electron chi connectivity index (χ2n) is 7.98. The average Bonchev–Trinajstić information content (AvgIpc) is 2.77. The van der Waals surface area contributed by atoms with Crippen LogP contribution in [0, 0.1) is 12.7 Å². The van der Waals surface area contributed by atoms with Crippen LogP contribution < -0.4 is 9.47 Å². The Morgan fingerprint density at radius 3 is 2.18 bits per heavy atom. The average molecular weight is 450 g/mol. The summed E-state index contributed by atoms with van der Waals surface area (Å²) >= 11 is 0. The third-order valence-corrected chi connectivity index (χ3v) is 4.95. The highest BCUT2D eigenvalue weighted by Crippen LogP contribution is 2.26. The van der Waals surface area contributed by atoms with Gasteiger partial charge in [-0.1, -0.05) is 36.4 Å². The first-order valence-electron chi connectivity index (χ1n) is 10.6. The molecule has 0 aliphatic rings. The van der Waals surface area contributed by atoms with E-state index in [2.05, 4.69) is 29.2 Å². The number of hydrogen-bond acceptors (Lipinski definition) is 4. The molecule has 0 unspecified atom stereocenters. The molecule has 0 saturated heterocycles. The minimum absolute atomic E-state index is 0.281. The molecule has 0 radical (unpaired) electrons. The molecular weight excluding hydrogens is 421 g/mol. The summed E-state index contributed by atoms with van der Waals surface area (Å²) < 4.78 is 24.6. The smallest absolute Gasteiger partial charge is 0.341 e. The zero-order chi connectivity index (χ0) is 23.8. The molecule has 3 rings (SSSR count).